The van der Waals surface area contributed by atoms with Gasteiger partial charge in [0.05, 0.1) is 12.2 Å². The van der Waals surface area contributed by atoms with E-state index in [2.05, 4.69) is 29.0 Å². The zero-order valence-electron chi connectivity index (χ0n) is 12.7. The van der Waals surface area contributed by atoms with E-state index >= 15 is 0 Å². The fraction of sp³-hybridized carbons (Fsp3) is 0.933. The molecule has 2 aliphatic rings. The average Bonchev–Trinajstić information content (AvgIpc) is 2.94. The summed E-state index contributed by atoms with van der Waals surface area (Å²) in [6.45, 7) is 11.0. The molecule has 0 radical (unpaired) electrons. The Hall–Kier alpha value is -0.610. The van der Waals surface area contributed by atoms with Gasteiger partial charge in [-0.2, -0.15) is 0 Å². The fourth-order valence-electron chi connectivity index (χ4n) is 3.38. The number of likely N-dealkylation sites (tertiary alicyclic amines) is 1. The Bertz CT molecular complexity index is 302. The third kappa shape index (κ3) is 3.69. The summed E-state index contributed by atoms with van der Waals surface area (Å²) in [7, 11) is 0. The molecule has 19 heavy (non-hydrogen) atoms. The van der Waals surface area contributed by atoms with Crippen molar-refractivity contribution in [3.8, 4) is 0 Å². The first-order valence-corrected chi connectivity index (χ1v) is 7.90. The normalized spacial score (nSPS) is 30.3. The highest BCUT2D eigenvalue weighted by Crippen LogP contribution is 2.18. The van der Waals surface area contributed by atoms with E-state index in [1.165, 1.54) is 25.9 Å². The molecule has 110 valence electrons. The molecule has 0 bridgehead atoms. The van der Waals surface area contributed by atoms with Crippen molar-refractivity contribution in [2.24, 2.45) is 5.92 Å². The summed E-state index contributed by atoms with van der Waals surface area (Å²) in [5.74, 6) is 0.847. The van der Waals surface area contributed by atoms with Crippen LogP contribution in [0.2, 0.25) is 0 Å². The molecule has 0 aromatic heterocycles. The van der Waals surface area contributed by atoms with Crippen LogP contribution in [0.5, 0.6) is 0 Å². The van der Waals surface area contributed by atoms with Crippen LogP contribution >= 0.6 is 0 Å². The molecule has 0 spiro atoms. The predicted octanol–water partition coefficient (Wildman–Crippen LogP) is 1.66. The molecule has 2 aliphatic heterocycles. The summed E-state index contributed by atoms with van der Waals surface area (Å²) in [4.78, 5) is 16.8. The van der Waals surface area contributed by atoms with Crippen LogP contribution in [0.3, 0.4) is 0 Å². The molecule has 0 aliphatic carbocycles. The molecule has 4 nitrogen and oxygen atoms in total. The quantitative estimate of drug-likeness (QED) is 0.795. The molecule has 3 unspecified atom stereocenters. The monoisotopic (exact) mass is 267 g/mol. The van der Waals surface area contributed by atoms with Crippen LogP contribution in [0.4, 0.5) is 0 Å². The smallest absolute Gasteiger partial charge is 0.240 e. The standard InChI is InChI=1S/C15H29N3O/c1-4-7-14-16-13(3)15(19)18(14)11-12(2)10-17-8-5-6-9-17/h12-14,16H,4-11H2,1-3H3. The first kappa shape index (κ1) is 14.8. The number of carbonyl (C=O) groups is 1. The second-order valence-corrected chi connectivity index (χ2v) is 6.30. The SMILES string of the molecule is CCCC1NC(C)C(=O)N1CC(C)CN1CCCC1. The first-order valence-electron chi connectivity index (χ1n) is 7.90. The molecule has 0 aromatic rings. The number of hydrogen-bond acceptors (Lipinski definition) is 3. The van der Waals surface area contributed by atoms with Gasteiger partial charge in [0, 0.05) is 13.1 Å². The van der Waals surface area contributed by atoms with Gasteiger partial charge in [-0.1, -0.05) is 20.3 Å². The maximum Gasteiger partial charge on any atom is 0.240 e. The maximum atomic E-state index is 12.2. The summed E-state index contributed by atoms with van der Waals surface area (Å²) < 4.78 is 0. The molecule has 1 N–H and O–H groups in total. The van der Waals surface area contributed by atoms with Crippen molar-refractivity contribution in [1.82, 2.24) is 15.1 Å². The highest BCUT2D eigenvalue weighted by atomic mass is 16.2. The summed E-state index contributed by atoms with van der Waals surface area (Å²) in [6, 6.07) is -0.00413. The van der Waals surface area contributed by atoms with E-state index < -0.39 is 0 Å². The number of carbonyl (C=O) groups excluding carboxylic acids is 1. The van der Waals surface area contributed by atoms with Crippen molar-refractivity contribution in [1.29, 1.82) is 0 Å². The minimum absolute atomic E-state index is 0.00413. The van der Waals surface area contributed by atoms with Gasteiger partial charge < -0.3 is 9.80 Å². The molecular formula is C15H29N3O. The van der Waals surface area contributed by atoms with Crippen molar-refractivity contribution >= 4 is 5.91 Å². The predicted molar refractivity (Wildman–Crippen MR) is 77.8 cm³/mol. The third-order valence-electron chi connectivity index (χ3n) is 4.31. The molecule has 2 heterocycles. The fourth-order valence-corrected chi connectivity index (χ4v) is 3.38. The Morgan fingerprint density at radius 1 is 1.32 bits per heavy atom. The van der Waals surface area contributed by atoms with E-state index in [4.69, 9.17) is 0 Å². The van der Waals surface area contributed by atoms with Gasteiger partial charge >= 0.3 is 0 Å². The Balaban J connectivity index is 1.85. The highest BCUT2D eigenvalue weighted by Gasteiger charge is 2.36. The van der Waals surface area contributed by atoms with E-state index in [1.807, 2.05) is 6.92 Å². The Kier molecular flexibility index (Phi) is 5.22. The highest BCUT2D eigenvalue weighted by molar-refractivity contribution is 5.83. The van der Waals surface area contributed by atoms with Crippen LogP contribution in [0.15, 0.2) is 0 Å². The van der Waals surface area contributed by atoms with Crippen LogP contribution < -0.4 is 5.32 Å². The zero-order valence-corrected chi connectivity index (χ0v) is 12.7. The van der Waals surface area contributed by atoms with E-state index in [0.717, 1.165) is 25.9 Å². The number of nitrogens with one attached hydrogen (secondary N) is 1. The lowest BCUT2D eigenvalue weighted by atomic mass is 10.1. The lowest BCUT2D eigenvalue weighted by Gasteiger charge is -2.29. The lowest BCUT2D eigenvalue weighted by molar-refractivity contribution is -0.130. The first-order chi connectivity index (χ1) is 9.11. The molecule has 4 heteroatoms. The van der Waals surface area contributed by atoms with Crippen LogP contribution in [0.25, 0.3) is 0 Å². The number of amides is 1. The van der Waals surface area contributed by atoms with Gasteiger partial charge in [0.25, 0.3) is 0 Å². The number of nitrogens with zero attached hydrogens (tertiary/aromatic N) is 2. The molecular weight excluding hydrogens is 238 g/mol. The van der Waals surface area contributed by atoms with Crippen LogP contribution in [-0.2, 0) is 4.79 Å². The van der Waals surface area contributed by atoms with Gasteiger partial charge in [0.2, 0.25) is 5.91 Å². The zero-order chi connectivity index (χ0) is 13.8. The summed E-state index contributed by atoms with van der Waals surface area (Å²) >= 11 is 0. The van der Waals surface area contributed by atoms with Crippen LogP contribution in [-0.4, -0.2) is 54.1 Å². The van der Waals surface area contributed by atoms with Crippen molar-refractivity contribution < 1.29 is 4.79 Å². The van der Waals surface area contributed by atoms with Gasteiger partial charge in [0.1, 0.15) is 0 Å². The minimum Gasteiger partial charge on any atom is -0.325 e. The summed E-state index contributed by atoms with van der Waals surface area (Å²) in [5, 5.41) is 3.42. The number of hydrogen-bond donors (Lipinski definition) is 1. The third-order valence-corrected chi connectivity index (χ3v) is 4.31. The lowest BCUT2D eigenvalue weighted by Crippen LogP contribution is -2.42. The van der Waals surface area contributed by atoms with Crippen molar-refractivity contribution in [3.05, 3.63) is 0 Å². The van der Waals surface area contributed by atoms with Crippen molar-refractivity contribution in [3.63, 3.8) is 0 Å². The molecule has 1 amide bonds. The van der Waals surface area contributed by atoms with Gasteiger partial charge in [-0.05, 0) is 45.2 Å². The van der Waals surface area contributed by atoms with Gasteiger partial charge in [-0.25, -0.2) is 0 Å². The molecule has 2 fully saturated rings. The largest absolute Gasteiger partial charge is 0.325 e. The van der Waals surface area contributed by atoms with Gasteiger partial charge in [-0.3, -0.25) is 10.1 Å². The molecule has 0 saturated carbocycles. The average molecular weight is 267 g/mol. The van der Waals surface area contributed by atoms with E-state index in [1.54, 1.807) is 0 Å². The van der Waals surface area contributed by atoms with E-state index in [9.17, 15) is 4.79 Å². The summed E-state index contributed by atoms with van der Waals surface area (Å²) in [6.07, 6.45) is 5.12. The molecule has 2 rings (SSSR count). The molecule has 2 saturated heterocycles. The molecule has 3 atom stereocenters. The van der Waals surface area contributed by atoms with Crippen LogP contribution in [0.1, 0.15) is 46.5 Å². The second kappa shape index (κ2) is 6.71. The number of rotatable bonds is 6. The minimum atomic E-state index is -0.00413. The topological polar surface area (TPSA) is 35.6 Å². The van der Waals surface area contributed by atoms with E-state index in [-0.39, 0.29) is 18.1 Å². The van der Waals surface area contributed by atoms with Crippen LogP contribution in [0, 0.1) is 5.92 Å². The summed E-state index contributed by atoms with van der Waals surface area (Å²) in [5.41, 5.74) is 0. The van der Waals surface area contributed by atoms with E-state index in [0.29, 0.717) is 5.92 Å². The molecule has 0 aromatic carbocycles. The van der Waals surface area contributed by atoms with Gasteiger partial charge in [0.15, 0.2) is 0 Å². The van der Waals surface area contributed by atoms with Crippen molar-refractivity contribution in [2.45, 2.75) is 58.7 Å². The maximum absolute atomic E-state index is 12.2. The van der Waals surface area contributed by atoms with Gasteiger partial charge in [-0.15, -0.1) is 0 Å². The Morgan fingerprint density at radius 3 is 2.63 bits per heavy atom. The van der Waals surface area contributed by atoms with Crippen molar-refractivity contribution in [2.75, 3.05) is 26.2 Å². The second-order valence-electron chi connectivity index (χ2n) is 6.30. The Morgan fingerprint density at radius 2 is 2.00 bits per heavy atom. The Labute approximate surface area is 117 Å².